The van der Waals surface area contributed by atoms with E-state index in [9.17, 15) is 5.11 Å². The van der Waals surface area contributed by atoms with Gasteiger partial charge in [0.1, 0.15) is 5.75 Å². The van der Waals surface area contributed by atoms with Crippen molar-refractivity contribution in [1.82, 2.24) is 0 Å². The second kappa shape index (κ2) is 4.63. The number of phenolic OH excluding ortho intramolecular Hbond substituents is 1. The molecule has 0 unspecified atom stereocenters. The summed E-state index contributed by atoms with van der Waals surface area (Å²) in [6, 6.07) is 4.32. The molecule has 0 radical (unpaired) electrons. The van der Waals surface area contributed by atoms with E-state index in [0.29, 0.717) is 11.7 Å². The lowest BCUT2D eigenvalue weighted by Crippen LogP contribution is -2.40. The minimum atomic E-state index is 0.0227. The van der Waals surface area contributed by atoms with Gasteiger partial charge in [-0.1, -0.05) is 58.8 Å². The zero-order chi connectivity index (χ0) is 15.4. The van der Waals surface area contributed by atoms with Crippen LogP contribution in [-0.4, -0.2) is 5.11 Å². The van der Waals surface area contributed by atoms with E-state index in [1.54, 1.807) is 5.57 Å². The van der Waals surface area contributed by atoms with Gasteiger partial charge in [0, 0.05) is 11.0 Å². The molecule has 0 amide bonds. The predicted octanol–water partition coefficient (Wildman–Crippen LogP) is 5.47. The number of hydrogen-bond donors (Lipinski definition) is 1. The molecule has 0 aromatic heterocycles. The van der Waals surface area contributed by atoms with Crippen LogP contribution >= 0.6 is 0 Å². The fourth-order valence-electron chi connectivity index (χ4n) is 4.71. The van der Waals surface area contributed by atoms with Crippen LogP contribution in [0.4, 0.5) is 0 Å². The van der Waals surface area contributed by atoms with Crippen molar-refractivity contribution in [2.75, 3.05) is 0 Å². The number of aromatic hydroxyl groups is 1. The van der Waals surface area contributed by atoms with Crippen LogP contribution in [0.15, 0.2) is 23.8 Å². The molecule has 21 heavy (non-hydrogen) atoms. The highest BCUT2D eigenvalue weighted by Crippen LogP contribution is 2.56. The van der Waals surface area contributed by atoms with E-state index in [-0.39, 0.29) is 10.8 Å². The quantitative estimate of drug-likeness (QED) is 0.678. The summed E-state index contributed by atoms with van der Waals surface area (Å²) in [5.41, 5.74) is 5.62. The van der Waals surface area contributed by atoms with E-state index >= 15 is 0 Å². The number of phenols is 1. The summed E-state index contributed by atoms with van der Waals surface area (Å²) >= 11 is 0. The number of fused-ring (bicyclic) bond motifs is 3. The zero-order valence-corrected chi connectivity index (χ0v) is 14.1. The minimum Gasteiger partial charge on any atom is -0.508 e. The molecule has 1 N–H and O–H groups in total. The Labute approximate surface area is 129 Å². The fourth-order valence-corrected chi connectivity index (χ4v) is 4.71. The monoisotopic (exact) mass is 284 g/mol. The SMILES string of the molecule is CC(C)c1cc(O)c2c(c1)CC=C1C(C)(C)CCC[C@@]12C. The Morgan fingerprint density at radius 3 is 2.48 bits per heavy atom. The van der Waals surface area contributed by atoms with Gasteiger partial charge in [0.15, 0.2) is 0 Å². The van der Waals surface area contributed by atoms with Crippen LogP contribution in [0.5, 0.6) is 5.75 Å². The van der Waals surface area contributed by atoms with Crippen LogP contribution in [0.25, 0.3) is 0 Å². The highest BCUT2D eigenvalue weighted by molar-refractivity contribution is 5.56. The lowest BCUT2D eigenvalue weighted by Gasteiger charge is -2.49. The molecule has 0 heterocycles. The molecule has 0 bridgehead atoms. The molecule has 0 saturated heterocycles. The molecule has 1 aromatic carbocycles. The summed E-state index contributed by atoms with van der Waals surface area (Å²) in [5, 5.41) is 10.7. The first-order valence-corrected chi connectivity index (χ1v) is 8.33. The third-order valence-corrected chi connectivity index (χ3v) is 5.77. The summed E-state index contributed by atoms with van der Waals surface area (Å²) in [6.07, 6.45) is 7.08. The number of allylic oxidation sites excluding steroid dienone is 2. The second-order valence-electron chi connectivity index (χ2n) is 8.12. The number of rotatable bonds is 1. The van der Waals surface area contributed by atoms with Gasteiger partial charge in [-0.3, -0.25) is 0 Å². The zero-order valence-electron chi connectivity index (χ0n) is 14.1. The molecule has 0 aliphatic heterocycles. The highest BCUT2D eigenvalue weighted by atomic mass is 16.3. The van der Waals surface area contributed by atoms with Crippen LogP contribution < -0.4 is 0 Å². The largest absolute Gasteiger partial charge is 0.508 e. The summed E-state index contributed by atoms with van der Waals surface area (Å²) in [7, 11) is 0. The van der Waals surface area contributed by atoms with Crippen LogP contribution in [0.1, 0.15) is 76.5 Å². The lowest BCUT2D eigenvalue weighted by atomic mass is 9.55. The molecular formula is C20H28O. The first kappa shape index (κ1) is 14.7. The maximum atomic E-state index is 10.7. The molecule has 1 fully saturated rings. The summed E-state index contributed by atoms with van der Waals surface area (Å²) in [5.74, 6) is 0.976. The molecule has 0 spiro atoms. The molecule has 2 aliphatic rings. The van der Waals surface area contributed by atoms with Crippen molar-refractivity contribution in [3.05, 3.63) is 40.5 Å². The number of benzene rings is 1. The summed E-state index contributed by atoms with van der Waals surface area (Å²) in [4.78, 5) is 0. The van der Waals surface area contributed by atoms with E-state index in [1.165, 1.54) is 29.5 Å². The van der Waals surface area contributed by atoms with Crippen molar-refractivity contribution in [1.29, 1.82) is 0 Å². The Morgan fingerprint density at radius 1 is 1.10 bits per heavy atom. The molecule has 2 aliphatic carbocycles. The Bertz CT molecular complexity index is 607. The van der Waals surface area contributed by atoms with Crippen LogP contribution in [-0.2, 0) is 11.8 Å². The van der Waals surface area contributed by atoms with E-state index in [1.807, 2.05) is 6.07 Å². The van der Waals surface area contributed by atoms with E-state index in [2.05, 4.69) is 46.8 Å². The van der Waals surface area contributed by atoms with Crippen molar-refractivity contribution in [2.45, 2.75) is 71.6 Å². The third kappa shape index (κ3) is 2.13. The van der Waals surface area contributed by atoms with Crippen LogP contribution in [0.2, 0.25) is 0 Å². The minimum absolute atomic E-state index is 0.0227. The van der Waals surface area contributed by atoms with Gasteiger partial charge in [-0.2, -0.15) is 0 Å². The van der Waals surface area contributed by atoms with Crippen molar-refractivity contribution >= 4 is 0 Å². The Balaban J connectivity index is 2.18. The van der Waals surface area contributed by atoms with E-state index in [4.69, 9.17) is 0 Å². The Kier molecular flexibility index (Phi) is 3.24. The fraction of sp³-hybridized carbons (Fsp3) is 0.600. The van der Waals surface area contributed by atoms with Crippen molar-refractivity contribution in [3.8, 4) is 5.75 Å². The van der Waals surface area contributed by atoms with E-state index in [0.717, 1.165) is 12.8 Å². The molecule has 1 atom stereocenters. The van der Waals surface area contributed by atoms with Crippen molar-refractivity contribution < 1.29 is 5.11 Å². The maximum Gasteiger partial charge on any atom is 0.120 e. The smallest absolute Gasteiger partial charge is 0.120 e. The topological polar surface area (TPSA) is 20.2 Å². The molecular weight excluding hydrogens is 256 g/mol. The van der Waals surface area contributed by atoms with Gasteiger partial charge in [-0.15, -0.1) is 0 Å². The second-order valence-corrected chi connectivity index (χ2v) is 8.12. The first-order chi connectivity index (χ1) is 9.75. The molecule has 1 saturated carbocycles. The Hall–Kier alpha value is -1.24. The van der Waals surface area contributed by atoms with Crippen molar-refractivity contribution in [3.63, 3.8) is 0 Å². The predicted molar refractivity (Wildman–Crippen MR) is 89.0 cm³/mol. The van der Waals surface area contributed by atoms with Crippen molar-refractivity contribution in [2.24, 2.45) is 5.41 Å². The van der Waals surface area contributed by atoms with Gasteiger partial charge in [-0.05, 0) is 47.8 Å². The Morgan fingerprint density at radius 2 is 1.81 bits per heavy atom. The summed E-state index contributed by atoms with van der Waals surface area (Å²) in [6.45, 7) is 11.4. The molecule has 1 nitrogen and oxygen atoms in total. The van der Waals surface area contributed by atoms with Crippen LogP contribution in [0, 0.1) is 5.41 Å². The molecule has 1 aromatic rings. The van der Waals surface area contributed by atoms with Gasteiger partial charge in [0.05, 0.1) is 0 Å². The molecule has 3 rings (SSSR count). The highest BCUT2D eigenvalue weighted by Gasteiger charge is 2.46. The van der Waals surface area contributed by atoms with Gasteiger partial charge >= 0.3 is 0 Å². The third-order valence-electron chi connectivity index (χ3n) is 5.77. The lowest BCUT2D eigenvalue weighted by molar-refractivity contribution is 0.249. The summed E-state index contributed by atoms with van der Waals surface area (Å²) < 4.78 is 0. The standard InChI is InChI=1S/C20H28O/c1-13(2)15-11-14-7-8-17-19(3,4)9-6-10-20(17,5)18(14)16(21)12-15/h8,11-13,21H,6-7,9-10H2,1-5H3/t20-/m0/s1. The average molecular weight is 284 g/mol. The normalized spacial score (nSPS) is 27.0. The van der Waals surface area contributed by atoms with Gasteiger partial charge in [-0.25, -0.2) is 0 Å². The van der Waals surface area contributed by atoms with Gasteiger partial charge < -0.3 is 5.11 Å². The van der Waals surface area contributed by atoms with E-state index < -0.39 is 0 Å². The van der Waals surface area contributed by atoms with Crippen LogP contribution in [0.3, 0.4) is 0 Å². The van der Waals surface area contributed by atoms with Gasteiger partial charge in [0.2, 0.25) is 0 Å². The van der Waals surface area contributed by atoms with Gasteiger partial charge in [0.25, 0.3) is 0 Å². The number of hydrogen-bond acceptors (Lipinski definition) is 1. The maximum absolute atomic E-state index is 10.7. The molecule has 114 valence electrons. The first-order valence-electron chi connectivity index (χ1n) is 8.33. The molecule has 1 heteroatoms. The average Bonchev–Trinajstić information content (AvgIpc) is 2.36.